The average molecular weight is 279 g/mol. The van der Waals surface area contributed by atoms with E-state index in [1.165, 1.54) is 12.0 Å². The Labute approximate surface area is 119 Å². The standard InChI is InChI=1S/C15H21NO4/c1-15(2,14(18)19)12(20-4)10-13(17)16(3)11-8-6-5-7-9-11/h5-9,12H,10H2,1-4H3,(H,18,19)/t12-/m0/s1. The first-order chi connectivity index (χ1) is 9.30. The Hall–Kier alpha value is -1.88. The molecule has 20 heavy (non-hydrogen) atoms. The molecular formula is C15H21NO4. The molecule has 1 aromatic rings. The molecule has 0 aliphatic carbocycles. The van der Waals surface area contributed by atoms with Crippen LogP contribution in [-0.4, -0.2) is 37.2 Å². The zero-order valence-electron chi connectivity index (χ0n) is 12.3. The second-order valence-corrected chi connectivity index (χ2v) is 5.24. The molecule has 5 heteroatoms. The Balaban J connectivity index is 2.81. The number of para-hydroxylation sites is 1. The number of methoxy groups -OCH3 is 1. The van der Waals surface area contributed by atoms with Crippen LogP contribution in [0.1, 0.15) is 20.3 Å². The van der Waals surface area contributed by atoms with Crippen LogP contribution in [0.25, 0.3) is 0 Å². The molecule has 1 aromatic carbocycles. The average Bonchev–Trinajstić information content (AvgIpc) is 2.44. The molecule has 0 unspecified atom stereocenters. The summed E-state index contributed by atoms with van der Waals surface area (Å²) in [5.41, 5.74) is -0.359. The number of anilines is 1. The van der Waals surface area contributed by atoms with Gasteiger partial charge in [-0.1, -0.05) is 18.2 Å². The molecule has 0 bridgehead atoms. The molecule has 0 saturated carbocycles. The molecule has 1 rings (SSSR count). The van der Waals surface area contributed by atoms with Gasteiger partial charge in [-0.05, 0) is 26.0 Å². The number of nitrogens with zero attached hydrogens (tertiary/aromatic N) is 1. The summed E-state index contributed by atoms with van der Waals surface area (Å²) in [5.74, 6) is -1.17. The number of rotatable bonds is 6. The Kier molecular flexibility index (Phi) is 5.27. The predicted molar refractivity (Wildman–Crippen MR) is 76.7 cm³/mol. The largest absolute Gasteiger partial charge is 0.481 e. The van der Waals surface area contributed by atoms with Crippen LogP contribution in [0.4, 0.5) is 5.69 Å². The first kappa shape index (κ1) is 16.2. The third-order valence-electron chi connectivity index (χ3n) is 3.52. The maximum Gasteiger partial charge on any atom is 0.311 e. The van der Waals surface area contributed by atoms with Gasteiger partial charge in [0.15, 0.2) is 0 Å². The van der Waals surface area contributed by atoms with Crippen molar-refractivity contribution in [2.75, 3.05) is 19.1 Å². The normalized spacial score (nSPS) is 12.8. The second kappa shape index (κ2) is 6.52. The number of carbonyl (C=O) groups is 2. The molecule has 0 spiro atoms. The Morgan fingerprint density at radius 2 is 1.85 bits per heavy atom. The molecule has 0 heterocycles. The fourth-order valence-corrected chi connectivity index (χ4v) is 1.86. The monoisotopic (exact) mass is 279 g/mol. The van der Waals surface area contributed by atoms with Crippen molar-refractivity contribution in [1.29, 1.82) is 0 Å². The lowest BCUT2D eigenvalue weighted by atomic mass is 9.84. The van der Waals surface area contributed by atoms with Crippen LogP contribution in [-0.2, 0) is 14.3 Å². The molecule has 0 radical (unpaired) electrons. The van der Waals surface area contributed by atoms with Crippen molar-refractivity contribution in [2.24, 2.45) is 5.41 Å². The third-order valence-corrected chi connectivity index (χ3v) is 3.52. The summed E-state index contributed by atoms with van der Waals surface area (Å²) in [7, 11) is 3.09. The molecule has 1 amide bonds. The molecular weight excluding hydrogens is 258 g/mol. The van der Waals surface area contributed by atoms with Crippen molar-refractivity contribution in [3.63, 3.8) is 0 Å². The van der Waals surface area contributed by atoms with E-state index in [0.29, 0.717) is 0 Å². The number of hydrogen-bond donors (Lipinski definition) is 1. The van der Waals surface area contributed by atoms with Gasteiger partial charge >= 0.3 is 5.97 Å². The summed E-state index contributed by atoms with van der Waals surface area (Å²) in [6.07, 6.45) is -0.667. The van der Waals surface area contributed by atoms with E-state index in [4.69, 9.17) is 4.74 Å². The van der Waals surface area contributed by atoms with Crippen molar-refractivity contribution in [2.45, 2.75) is 26.4 Å². The van der Waals surface area contributed by atoms with Gasteiger partial charge in [-0.15, -0.1) is 0 Å². The van der Waals surface area contributed by atoms with Gasteiger partial charge < -0.3 is 14.7 Å². The maximum absolute atomic E-state index is 12.2. The van der Waals surface area contributed by atoms with Gasteiger partial charge in [0.1, 0.15) is 0 Å². The van der Waals surface area contributed by atoms with E-state index in [-0.39, 0.29) is 12.3 Å². The van der Waals surface area contributed by atoms with E-state index in [0.717, 1.165) is 5.69 Å². The van der Waals surface area contributed by atoms with E-state index in [1.807, 2.05) is 30.3 Å². The van der Waals surface area contributed by atoms with Crippen molar-refractivity contribution >= 4 is 17.6 Å². The molecule has 5 nitrogen and oxygen atoms in total. The molecule has 1 atom stereocenters. The SMILES string of the molecule is CO[C@@H](CC(=O)N(C)c1ccccc1)C(C)(C)C(=O)O. The number of hydrogen-bond acceptors (Lipinski definition) is 3. The zero-order chi connectivity index (χ0) is 15.3. The summed E-state index contributed by atoms with van der Waals surface area (Å²) in [4.78, 5) is 25.0. The minimum atomic E-state index is -1.12. The minimum Gasteiger partial charge on any atom is -0.481 e. The molecule has 0 aliphatic heterocycles. The predicted octanol–water partition coefficient (Wildman–Crippen LogP) is 2.17. The van der Waals surface area contributed by atoms with Gasteiger partial charge in [0, 0.05) is 19.8 Å². The number of amides is 1. The molecule has 110 valence electrons. The van der Waals surface area contributed by atoms with Gasteiger partial charge in [-0.2, -0.15) is 0 Å². The van der Waals surface area contributed by atoms with E-state index in [2.05, 4.69) is 0 Å². The summed E-state index contributed by atoms with van der Waals surface area (Å²) in [5, 5.41) is 9.21. The van der Waals surface area contributed by atoms with Crippen molar-refractivity contribution in [3.8, 4) is 0 Å². The lowest BCUT2D eigenvalue weighted by molar-refractivity contribution is -0.156. The van der Waals surface area contributed by atoms with Crippen LogP contribution < -0.4 is 4.90 Å². The van der Waals surface area contributed by atoms with Crippen LogP contribution in [0.15, 0.2) is 30.3 Å². The quantitative estimate of drug-likeness (QED) is 0.866. The van der Waals surface area contributed by atoms with E-state index < -0.39 is 17.5 Å². The Morgan fingerprint density at radius 1 is 1.30 bits per heavy atom. The maximum atomic E-state index is 12.2. The summed E-state index contributed by atoms with van der Waals surface area (Å²) >= 11 is 0. The van der Waals surface area contributed by atoms with Gasteiger partial charge in [-0.3, -0.25) is 9.59 Å². The van der Waals surface area contributed by atoms with Crippen LogP contribution in [0, 0.1) is 5.41 Å². The lowest BCUT2D eigenvalue weighted by Crippen LogP contribution is -2.42. The van der Waals surface area contributed by atoms with Crippen LogP contribution >= 0.6 is 0 Å². The van der Waals surface area contributed by atoms with Gasteiger partial charge in [0.2, 0.25) is 5.91 Å². The fraction of sp³-hybridized carbons (Fsp3) is 0.467. The highest BCUT2D eigenvalue weighted by Crippen LogP contribution is 2.27. The summed E-state index contributed by atoms with van der Waals surface area (Å²) in [6, 6.07) is 9.19. The highest BCUT2D eigenvalue weighted by molar-refractivity contribution is 5.93. The second-order valence-electron chi connectivity index (χ2n) is 5.24. The first-order valence-corrected chi connectivity index (χ1v) is 6.38. The number of ether oxygens (including phenoxy) is 1. The minimum absolute atomic E-state index is 0.0151. The Bertz CT molecular complexity index is 470. The lowest BCUT2D eigenvalue weighted by Gasteiger charge is -2.30. The van der Waals surface area contributed by atoms with E-state index >= 15 is 0 Å². The fourth-order valence-electron chi connectivity index (χ4n) is 1.86. The topological polar surface area (TPSA) is 66.8 Å². The third kappa shape index (κ3) is 3.57. The van der Waals surface area contributed by atoms with E-state index in [1.54, 1.807) is 20.9 Å². The van der Waals surface area contributed by atoms with E-state index in [9.17, 15) is 14.7 Å². The number of carboxylic acid groups (broad SMARTS) is 1. The highest BCUT2D eigenvalue weighted by Gasteiger charge is 2.38. The summed E-state index contributed by atoms with van der Waals surface area (Å²) in [6.45, 7) is 3.11. The number of benzene rings is 1. The van der Waals surface area contributed by atoms with Crippen molar-refractivity contribution in [1.82, 2.24) is 0 Å². The smallest absolute Gasteiger partial charge is 0.311 e. The van der Waals surface area contributed by atoms with Crippen molar-refractivity contribution in [3.05, 3.63) is 30.3 Å². The number of carbonyl (C=O) groups excluding carboxylic acids is 1. The molecule has 1 N–H and O–H groups in total. The zero-order valence-corrected chi connectivity index (χ0v) is 12.3. The summed E-state index contributed by atoms with van der Waals surface area (Å²) < 4.78 is 5.20. The molecule has 0 aliphatic rings. The molecule has 0 fully saturated rings. The number of carboxylic acids is 1. The van der Waals surface area contributed by atoms with Crippen LogP contribution in [0.2, 0.25) is 0 Å². The van der Waals surface area contributed by atoms with Gasteiger partial charge in [0.25, 0.3) is 0 Å². The van der Waals surface area contributed by atoms with Crippen LogP contribution in [0.5, 0.6) is 0 Å². The van der Waals surface area contributed by atoms with Crippen LogP contribution in [0.3, 0.4) is 0 Å². The first-order valence-electron chi connectivity index (χ1n) is 6.38. The molecule has 0 saturated heterocycles. The van der Waals surface area contributed by atoms with Crippen molar-refractivity contribution < 1.29 is 19.4 Å². The Morgan fingerprint density at radius 3 is 2.30 bits per heavy atom. The van der Waals surface area contributed by atoms with Gasteiger partial charge in [0.05, 0.1) is 17.9 Å². The highest BCUT2D eigenvalue weighted by atomic mass is 16.5. The van der Waals surface area contributed by atoms with Gasteiger partial charge in [-0.25, -0.2) is 0 Å². The number of aliphatic carboxylic acids is 1. The molecule has 0 aromatic heterocycles.